The number of halogens is 3. The van der Waals surface area contributed by atoms with Gasteiger partial charge in [-0.25, -0.2) is 9.78 Å². The summed E-state index contributed by atoms with van der Waals surface area (Å²) in [5.41, 5.74) is 1.12. The fraction of sp³-hybridized carbons (Fsp3) is 0.545. The molecule has 3 aliphatic carbocycles. The highest BCUT2D eigenvalue weighted by Crippen LogP contribution is 2.45. The summed E-state index contributed by atoms with van der Waals surface area (Å²) in [5.74, 6) is 2.67. The van der Waals surface area contributed by atoms with Gasteiger partial charge in [0, 0.05) is 0 Å². The van der Waals surface area contributed by atoms with Gasteiger partial charge >= 0.3 is 12.3 Å². The second-order valence-corrected chi connectivity index (χ2v) is 9.33. The molecule has 2 aromatic rings. The molecule has 0 spiro atoms. The summed E-state index contributed by atoms with van der Waals surface area (Å²) in [6.45, 7) is 2.70. The van der Waals surface area contributed by atoms with E-state index < -0.39 is 17.8 Å². The minimum Gasteiger partial charge on any atom is -0.449 e. The molecule has 0 aliphatic heterocycles. The van der Waals surface area contributed by atoms with Gasteiger partial charge in [-0.15, -0.1) is 11.3 Å². The minimum absolute atomic E-state index is 0.223. The first-order valence-corrected chi connectivity index (χ1v) is 11.2. The third-order valence-electron chi connectivity index (χ3n) is 6.65. The number of aromatic nitrogens is 1. The largest absolute Gasteiger partial charge is 0.449 e. The maximum atomic E-state index is 13.0. The van der Waals surface area contributed by atoms with Crippen LogP contribution in [0, 0.1) is 23.7 Å². The fourth-order valence-corrected chi connectivity index (χ4v) is 5.61. The first kappa shape index (κ1) is 21.2. The van der Waals surface area contributed by atoms with Crippen LogP contribution in [0.5, 0.6) is 0 Å². The average molecular weight is 439 g/mol. The van der Waals surface area contributed by atoms with Crippen molar-refractivity contribution in [3.8, 4) is 10.4 Å². The van der Waals surface area contributed by atoms with Gasteiger partial charge in [-0.2, -0.15) is 13.2 Å². The van der Waals surface area contributed by atoms with Gasteiger partial charge < -0.3 is 4.74 Å². The molecule has 0 radical (unpaired) electrons. The zero-order valence-electron chi connectivity index (χ0n) is 16.7. The first-order chi connectivity index (χ1) is 14.3. The number of alkyl halides is 3. The van der Waals surface area contributed by atoms with E-state index in [4.69, 9.17) is 4.74 Å². The molecule has 1 heterocycles. The Bertz CT molecular complexity index is 899. The Balaban J connectivity index is 1.39. The number of hydrogen-bond donors (Lipinski definition) is 1. The van der Waals surface area contributed by atoms with Crippen LogP contribution in [0.15, 0.2) is 29.8 Å². The second-order valence-electron chi connectivity index (χ2n) is 8.48. The number of fused-ring (bicyclic) bond motifs is 4. The number of nitrogens with one attached hydrogen (secondary N) is 1. The van der Waals surface area contributed by atoms with Crippen molar-refractivity contribution >= 4 is 23.2 Å². The molecule has 5 rings (SSSR count). The van der Waals surface area contributed by atoms with E-state index >= 15 is 0 Å². The molecule has 1 aromatic heterocycles. The number of benzene rings is 1. The number of hydrogen-bond acceptors (Lipinski definition) is 4. The molecule has 3 aliphatic rings. The Kier molecular flexibility index (Phi) is 6.04. The normalized spacial score (nSPS) is 26.3. The van der Waals surface area contributed by atoms with Crippen molar-refractivity contribution in [2.45, 2.75) is 45.2 Å². The molecule has 1 amide bonds. The lowest BCUT2D eigenvalue weighted by Crippen LogP contribution is -2.29. The summed E-state index contributed by atoms with van der Waals surface area (Å²) in [5, 5.41) is 2.61. The lowest BCUT2D eigenvalue weighted by molar-refractivity contribution is -0.137. The minimum atomic E-state index is -4.43. The van der Waals surface area contributed by atoms with Crippen molar-refractivity contribution in [3.63, 3.8) is 0 Å². The number of carbonyl (C=O) groups is 1. The van der Waals surface area contributed by atoms with Crippen LogP contribution >= 0.6 is 11.3 Å². The molecule has 8 heteroatoms. The molecular weight excluding hydrogens is 413 g/mol. The standard InChI is InChI=1S/C22H25F3N2O2S/c1-13-5-6-14-7-8-15(13)9-17(14)11-29-21(28)27-20-19(30-12-26-20)16-3-2-4-18(10-16)22(23,24)25/h2-4,10,12-15,17H,5-9,11H2,1H3,(H,27,28). The maximum Gasteiger partial charge on any atom is 0.416 e. The van der Waals surface area contributed by atoms with Crippen molar-refractivity contribution in [2.75, 3.05) is 11.9 Å². The number of rotatable bonds is 4. The summed E-state index contributed by atoms with van der Waals surface area (Å²) >= 11 is 1.17. The molecule has 162 valence electrons. The van der Waals surface area contributed by atoms with Crippen LogP contribution in [-0.4, -0.2) is 17.7 Å². The van der Waals surface area contributed by atoms with Gasteiger partial charge in [-0.1, -0.05) is 25.5 Å². The average Bonchev–Trinajstić information content (AvgIpc) is 3.04. The molecule has 1 N–H and O–H groups in total. The van der Waals surface area contributed by atoms with Gasteiger partial charge in [0.1, 0.15) is 0 Å². The number of carbonyl (C=O) groups excluding carboxylic acids is 1. The van der Waals surface area contributed by atoms with Crippen LogP contribution in [0.1, 0.15) is 44.6 Å². The summed E-state index contributed by atoms with van der Waals surface area (Å²) in [4.78, 5) is 17.0. The second kappa shape index (κ2) is 8.57. The van der Waals surface area contributed by atoms with Gasteiger partial charge in [0.05, 0.1) is 22.6 Å². The van der Waals surface area contributed by atoms with Crippen LogP contribution in [0.2, 0.25) is 0 Å². The van der Waals surface area contributed by atoms with E-state index in [9.17, 15) is 18.0 Å². The van der Waals surface area contributed by atoms with Crippen LogP contribution in [0.4, 0.5) is 23.8 Å². The van der Waals surface area contributed by atoms with Gasteiger partial charge in [-0.3, -0.25) is 5.32 Å². The zero-order chi connectivity index (χ0) is 21.3. The summed E-state index contributed by atoms with van der Waals surface area (Å²) in [6, 6.07) is 5.01. The number of anilines is 1. The van der Waals surface area contributed by atoms with Crippen molar-refractivity contribution in [1.29, 1.82) is 0 Å². The molecule has 1 aromatic carbocycles. The summed E-state index contributed by atoms with van der Waals surface area (Å²) < 4.78 is 44.5. The van der Waals surface area contributed by atoms with Crippen LogP contribution in [0.25, 0.3) is 10.4 Å². The molecule has 4 atom stereocenters. The lowest BCUT2D eigenvalue weighted by atomic mass is 9.74. The van der Waals surface area contributed by atoms with E-state index in [1.165, 1.54) is 48.6 Å². The van der Waals surface area contributed by atoms with Crippen molar-refractivity contribution in [2.24, 2.45) is 23.7 Å². The zero-order valence-corrected chi connectivity index (χ0v) is 17.6. The molecule has 4 nitrogen and oxygen atoms in total. The van der Waals surface area contributed by atoms with Crippen LogP contribution in [-0.2, 0) is 10.9 Å². The van der Waals surface area contributed by atoms with Crippen molar-refractivity contribution in [3.05, 3.63) is 35.3 Å². The molecular formula is C22H25F3N2O2S. The maximum absolute atomic E-state index is 13.0. The van der Waals surface area contributed by atoms with Gasteiger partial charge in [-0.05, 0) is 67.1 Å². The highest BCUT2D eigenvalue weighted by atomic mass is 32.1. The van der Waals surface area contributed by atoms with Gasteiger partial charge in [0.25, 0.3) is 0 Å². The quantitative estimate of drug-likeness (QED) is 0.569. The van der Waals surface area contributed by atoms with E-state index in [-0.39, 0.29) is 5.82 Å². The van der Waals surface area contributed by atoms with Gasteiger partial charge in [0.15, 0.2) is 5.82 Å². The van der Waals surface area contributed by atoms with E-state index in [0.29, 0.717) is 34.8 Å². The number of thiazole rings is 1. The monoisotopic (exact) mass is 438 g/mol. The number of nitrogens with zero attached hydrogens (tertiary/aromatic N) is 1. The van der Waals surface area contributed by atoms with Crippen LogP contribution in [0.3, 0.4) is 0 Å². The summed E-state index contributed by atoms with van der Waals surface area (Å²) in [7, 11) is 0. The Morgan fingerprint density at radius 3 is 2.80 bits per heavy atom. The van der Waals surface area contributed by atoms with Crippen molar-refractivity contribution < 1.29 is 22.7 Å². The van der Waals surface area contributed by atoms with E-state index in [2.05, 4.69) is 17.2 Å². The smallest absolute Gasteiger partial charge is 0.416 e. The molecule has 3 fully saturated rings. The highest BCUT2D eigenvalue weighted by Gasteiger charge is 2.37. The van der Waals surface area contributed by atoms with E-state index in [1.54, 1.807) is 6.07 Å². The van der Waals surface area contributed by atoms with E-state index in [1.807, 2.05) is 0 Å². The molecule has 0 saturated heterocycles. The fourth-order valence-electron chi connectivity index (χ4n) is 4.87. The van der Waals surface area contributed by atoms with E-state index in [0.717, 1.165) is 24.5 Å². The Morgan fingerprint density at radius 1 is 1.23 bits per heavy atom. The first-order valence-electron chi connectivity index (χ1n) is 10.4. The predicted molar refractivity (Wildman–Crippen MR) is 110 cm³/mol. The Labute approximate surface area is 177 Å². The van der Waals surface area contributed by atoms with Crippen molar-refractivity contribution in [1.82, 2.24) is 4.98 Å². The Hall–Kier alpha value is -2.09. The molecule has 3 saturated carbocycles. The predicted octanol–water partition coefficient (Wildman–Crippen LogP) is 6.84. The molecule has 2 bridgehead atoms. The topological polar surface area (TPSA) is 51.2 Å². The summed E-state index contributed by atoms with van der Waals surface area (Å²) in [6.07, 6.45) is 0.983. The Morgan fingerprint density at radius 2 is 2.00 bits per heavy atom. The molecule has 4 unspecified atom stereocenters. The number of amides is 1. The molecule has 30 heavy (non-hydrogen) atoms. The van der Waals surface area contributed by atoms with Crippen LogP contribution < -0.4 is 5.32 Å². The van der Waals surface area contributed by atoms with Gasteiger partial charge in [0.2, 0.25) is 0 Å². The number of ether oxygens (including phenoxy) is 1. The SMILES string of the molecule is CC1CCC2CCC1CC2COC(=O)Nc1ncsc1-c1cccc(C(F)(F)F)c1. The third-order valence-corrected chi connectivity index (χ3v) is 7.52. The lowest BCUT2D eigenvalue weighted by Gasteiger charge is -2.33. The third kappa shape index (κ3) is 4.63. The highest BCUT2D eigenvalue weighted by molar-refractivity contribution is 7.13.